The summed E-state index contributed by atoms with van der Waals surface area (Å²) in [5.74, 6) is 2.57. The molecule has 29 heavy (non-hydrogen) atoms. The van der Waals surface area contributed by atoms with Crippen LogP contribution in [0.4, 0.5) is 0 Å². The number of aromatic nitrogens is 1. The molecular weight excluding hydrogens is 360 g/mol. The van der Waals surface area contributed by atoms with Gasteiger partial charge < -0.3 is 19.8 Å². The highest BCUT2D eigenvalue weighted by Crippen LogP contribution is 2.41. The van der Waals surface area contributed by atoms with Crippen molar-refractivity contribution in [1.82, 2.24) is 10.3 Å². The predicted molar refractivity (Wildman–Crippen MR) is 121 cm³/mol. The summed E-state index contributed by atoms with van der Waals surface area (Å²) in [6, 6.07) is 10.9. The number of rotatable bonds is 5. The second-order valence-corrected chi connectivity index (χ2v) is 8.42. The monoisotopic (exact) mass is 392 g/mol. The molecule has 4 heteroatoms. The van der Waals surface area contributed by atoms with Crippen LogP contribution in [-0.4, -0.2) is 32.3 Å². The first-order chi connectivity index (χ1) is 14.0. The standard InChI is InChI=1S/C25H32N2O2/c1-15(2)24-20-14-19(17-8-10-26-11-9-17)16(3)12-21(20)27-25(24)18-6-7-22(28-4)23(13-18)29-5/h6-7,12-15,17,26-27H,8-11H2,1-5H3. The molecule has 2 heterocycles. The molecule has 1 fully saturated rings. The van der Waals surface area contributed by atoms with Crippen LogP contribution in [0.3, 0.4) is 0 Å². The van der Waals surface area contributed by atoms with E-state index in [9.17, 15) is 0 Å². The Balaban J connectivity index is 1.88. The third-order valence-corrected chi connectivity index (χ3v) is 6.25. The van der Waals surface area contributed by atoms with Gasteiger partial charge in [0.05, 0.1) is 19.9 Å². The van der Waals surface area contributed by atoms with Crippen LogP contribution in [0, 0.1) is 6.92 Å². The van der Waals surface area contributed by atoms with Gasteiger partial charge in [-0.2, -0.15) is 0 Å². The number of benzene rings is 2. The van der Waals surface area contributed by atoms with E-state index in [0.717, 1.165) is 30.2 Å². The number of fused-ring (bicyclic) bond motifs is 1. The number of ether oxygens (including phenoxy) is 2. The van der Waals surface area contributed by atoms with Crippen LogP contribution < -0.4 is 14.8 Å². The van der Waals surface area contributed by atoms with Crippen molar-refractivity contribution in [2.75, 3.05) is 27.3 Å². The van der Waals surface area contributed by atoms with Crippen LogP contribution in [0.1, 0.15) is 55.2 Å². The zero-order valence-corrected chi connectivity index (χ0v) is 18.2. The van der Waals surface area contributed by atoms with Gasteiger partial charge in [-0.3, -0.25) is 0 Å². The summed E-state index contributed by atoms with van der Waals surface area (Å²) < 4.78 is 11.0. The Hall–Kier alpha value is -2.46. The fraction of sp³-hybridized carbons (Fsp3) is 0.440. The van der Waals surface area contributed by atoms with Gasteiger partial charge in [0.15, 0.2) is 11.5 Å². The van der Waals surface area contributed by atoms with E-state index in [2.05, 4.69) is 55.3 Å². The second-order valence-electron chi connectivity index (χ2n) is 8.42. The number of hydrogen-bond donors (Lipinski definition) is 2. The minimum Gasteiger partial charge on any atom is -0.493 e. The molecule has 2 aromatic carbocycles. The van der Waals surface area contributed by atoms with Gasteiger partial charge in [0.1, 0.15) is 0 Å². The minimum atomic E-state index is 0.412. The van der Waals surface area contributed by atoms with Crippen LogP contribution in [0.15, 0.2) is 30.3 Å². The Morgan fingerprint density at radius 2 is 1.69 bits per heavy atom. The van der Waals surface area contributed by atoms with Crippen LogP contribution in [0.2, 0.25) is 0 Å². The van der Waals surface area contributed by atoms with Crippen molar-refractivity contribution in [3.8, 4) is 22.8 Å². The van der Waals surface area contributed by atoms with Crippen molar-refractivity contribution >= 4 is 10.9 Å². The molecule has 1 saturated heterocycles. The molecule has 4 rings (SSSR count). The molecule has 0 bridgehead atoms. The van der Waals surface area contributed by atoms with E-state index in [0.29, 0.717) is 11.8 Å². The average molecular weight is 393 g/mol. The zero-order chi connectivity index (χ0) is 20.5. The molecule has 2 N–H and O–H groups in total. The van der Waals surface area contributed by atoms with E-state index in [1.807, 2.05) is 6.07 Å². The molecule has 0 atom stereocenters. The van der Waals surface area contributed by atoms with Crippen molar-refractivity contribution in [2.45, 2.75) is 45.4 Å². The first-order valence-corrected chi connectivity index (χ1v) is 10.6. The molecular formula is C25H32N2O2. The number of aryl methyl sites for hydroxylation is 1. The van der Waals surface area contributed by atoms with E-state index in [1.54, 1.807) is 14.2 Å². The minimum absolute atomic E-state index is 0.412. The summed E-state index contributed by atoms with van der Waals surface area (Å²) in [5.41, 5.74) is 7.80. The fourth-order valence-electron chi connectivity index (χ4n) is 4.78. The third-order valence-electron chi connectivity index (χ3n) is 6.25. The molecule has 0 radical (unpaired) electrons. The topological polar surface area (TPSA) is 46.3 Å². The van der Waals surface area contributed by atoms with Crippen LogP contribution in [0.25, 0.3) is 22.2 Å². The summed E-state index contributed by atoms with van der Waals surface area (Å²) in [6.07, 6.45) is 2.44. The van der Waals surface area contributed by atoms with Crippen molar-refractivity contribution in [2.24, 2.45) is 0 Å². The Morgan fingerprint density at radius 3 is 2.34 bits per heavy atom. The maximum Gasteiger partial charge on any atom is 0.161 e. The first-order valence-electron chi connectivity index (χ1n) is 10.6. The highest BCUT2D eigenvalue weighted by Gasteiger charge is 2.22. The van der Waals surface area contributed by atoms with Crippen molar-refractivity contribution in [3.63, 3.8) is 0 Å². The summed E-state index contributed by atoms with van der Waals surface area (Å²) >= 11 is 0. The van der Waals surface area contributed by atoms with Crippen LogP contribution >= 0.6 is 0 Å². The average Bonchev–Trinajstić information content (AvgIpc) is 3.11. The van der Waals surface area contributed by atoms with Crippen molar-refractivity contribution in [1.29, 1.82) is 0 Å². The van der Waals surface area contributed by atoms with Gasteiger partial charge in [-0.25, -0.2) is 0 Å². The smallest absolute Gasteiger partial charge is 0.161 e. The van der Waals surface area contributed by atoms with Gasteiger partial charge in [0.25, 0.3) is 0 Å². The zero-order valence-electron chi connectivity index (χ0n) is 18.2. The first kappa shape index (κ1) is 19.8. The molecule has 0 saturated carbocycles. The molecule has 0 spiro atoms. The lowest BCUT2D eigenvalue weighted by molar-refractivity contribution is 0.355. The number of piperidine rings is 1. The summed E-state index contributed by atoms with van der Waals surface area (Å²) in [6.45, 7) is 9.03. The molecule has 0 amide bonds. The lowest BCUT2D eigenvalue weighted by Gasteiger charge is -2.24. The Morgan fingerprint density at radius 1 is 0.966 bits per heavy atom. The molecule has 154 valence electrons. The number of hydrogen-bond acceptors (Lipinski definition) is 3. The van der Waals surface area contributed by atoms with Gasteiger partial charge in [-0.05, 0) is 91.7 Å². The highest BCUT2D eigenvalue weighted by molar-refractivity contribution is 5.92. The molecule has 1 aromatic heterocycles. The Labute approximate surface area is 173 Å². The lowest BCUT2D eigenvalue weighted by Crippen LogP contribution is -2.26. The maximum absolute atomic E-state index is 5.55. The van der Waals surface area contributed by atoms with E-state index in [1.165, 1.54) is 46.1 Å². The maximum atomic E-state index is 5.55. The lowest BCUT2D eigenvalue weighted by atomic mass is 9.85. The Bertz CT molecular complexity index is 1010. The molecule has 3 aromatic rings. The normalized spacial score (nSPS) is 15.2. The molecule has 1 aliphatic heterocycles. The number of H-pyrrole nitrogens is 1. The summed E-state index contributed by atoms with van der Waals surface area (Å²) in [4.78, 5) is 3.71. The van der Waals surface area contributed by atoms with E-state index in [-0.39, 0.29) is 0 Å². The van der Waals surface area contributed by atoms with E-state index < -0.39 is 0 Å². The quantitative estimate of drug-likeness (QED) is 0.581. The molecule has 0 unspecified atom stereocenters. The summed E-state index contributed by atoms with van der Waals surface area (Å²) in [5, 5.41) is 4.84. The van der Waals surface area contributed by atoms with E-state index in [4.69, 9.17) is 9.47 Å². The van der Waals surface area contributed by atoms with Gasteiger partial charge in [0, 0.05) is 16.5 Å². The van der Waals surface area contributed by atoms with Gasteiger partial charge in [-0.15, -0.1) is 0 Å². The van der Waals surface area contributed by atoms with Gasteiger partial charge in [0.2, 0.25) is 0 Å². The second kappa shape index (κ2) is 8.11. The third kappa shape index (κ3) is 3.62. The van der Waals surface area contributed by atoms with Gasteiger partial charge in [-0.1, -0.05) is 13.8 Å². The van der Waals surface area contributed by atoms with Gasteiger partial charge >= 0.3 is 0 Å². The van der Waals surface area contributed by atoms with Crippen molar-refractivity contribution < 1.29 is 9.47 Å². The summed E-state index contributed by atoms with van der Waals surface area (Å²) in [7, 11) is 3.36. The molecule has 4 nitrogen and oxygen atoms in total. The fourth-order valence-corrected chi connectivity index (χ4v) is 4.78. The van der Waals surface area contributed by atoms with Crippen molar-refractivity contribution in [3.05, 3.63) is 47.0 Å². The van der Waals surface area contributed by atoms with E-state index >= 15 is 0 Å². The Kier molecular flexibility index (Phi) is 5.55. The highest BCUT2D eigenvalue weighted by atomic mass is 16.5. The predicted octanol–water partition coefficient (Wildman–Crippen LogP) is 5.75. The number of nitrogens with one attached hydrogen (secondary N) is 2. The van der Waals surface area contributed by atoms with Crippen LogP contribution in [-0.2, 0) is 0 Å². The SMILES string of the molecule is COc1ccc(-c2[nH]c3cc(C)c(C4CCNCC4)cc3c2C(C)C)cc1OC. The van der Waals surface area contributed by atoms with Crippen LogP contribution in [0.5, 0.6) is 11.5 Å². The molecule has 1 aliphatic rings. The number of methoxy groups -OCH3 is 2. The molecule has 0 aliphatic carbocycles. The largest absolute Gasteiger partial charge is 0.493 e. The number of aromatic amines is 1.